The average molecular weight is 338 g/mol. The van der Waals surface area contributed by atoms with E-state index in [1.54, 1.807) is 0 Å². The number of unbranched alkanes of at least 4 members (excludes halogenated alkanes) is 1. The Morgan fingerprint density at radius 3 is 2.68 bits per heavy atom. The molecule has 0 aliphatic rings. The summed E-state index contributed by atoms with van der Waals surface area (Å²) in [5, 5.41) is 13.1. The molecule has 2 N–H and O–H groups in total. The molecule has 1 aromatic carbocycles. The number of hydrogen-bond donors (Lipinski definition) is 2. The predicted octanol–water partition coefficient (Wildman–Crippen LogP) is 3.75. The molecular formula is C20H26N4O. The Kier molecular flexibility index (Phi) is 5.66. The van der Waals surface area contributed by atoms with Gasteiger partial charge in [-0.25, -0.2) is 9.97 Å². The lowest BCUT2D eigenvalue weighted by atomic mass is 10.1. The second-order valence-electron chi connectivity index (χ2n) is 6.45. The molecule has 0 saturated carbocycles. The highest BCUT2D eigenvalue weighted by atomic mass is 16.3. The number of aryl methyl sites for hydroxylation is 1. The van der Waals surface area contributed by atoms with E-state index in [9.17, 15) is 5.11 Å². The Labute approximate surface area is 148 Å². The number of rotatable bonds is 8. The molecule has 0 spiro atoms. The molecule has 0 fully saturated rings. The van der Waals surface area contributed by atoms with Crippen LogP contribution in [-0.2, 0) is 6.54 Å². The highest BCUT2D eigenvalue weighted by Gasteiger charge is 2.15. The first kappa shape index (κ1) is 17.4. The standard InChI is InChI=1S/C20H26N4O/c1-3-4-10-17(14-25)23-20-19-18(21-15(2)22-20)11-12-24(19)13-16-8-6-5-7-9-16/h5-9,11-12,17,25H,3-4,10,13-14H2,1-2H3,(H,21,22,23). The summed E-state index contributed by atoms with van der Waals surface area (Å²) in [6.45, 7) is 4.93. The molecule has 0 bridgehead atoms. The van der Waals surface area contributed by atoms with Crippen molar-refractivity contribution < 1.29 is 5.11 Å². The van der Waals surface area contributed by atoms with Gasteiger partial charge >= 0.3 is 0 Å². The first-order valence-electron chi connectivity index (χ1n) is 8.96. The zero-order chi connectivity index (χ0) is 17.6. The second kappa shape index (κ2) is 8.12. The highest BCUT2D eigenvalue weighted by molar-refractivity contribution is 5.86. The van der Waals surface area contributed by atoms with E-state index >= 15 is 0 Å². The summed E-state index contributed by atoms with van der Waals surface area (Å²) < 4.78 is 2.17. The largest absolute Gasteiger partial charge is 0.394 e. The minimum absolute atomic E-state index is 0.0116. The van der Waals surface area contributed by atoms with Crippen LogP contribution >= 0.6 is 0 Å². The molecule has 1 unspecified atom stereocenters. The van der Waals surface area contributed by atoms with Crippen LogP contribution in [0.2, 0.25) is 0 Å². The summed E-state index contributed by atoms with van der Waals surface area (Å²) in [7, 11) is 0. The molecule has 2 heterocycles. The van der Waals surface area contributed by atoms with Gasteiger partial charge in [-0.05, 0) is 25.0 Å². The topological polar surface area (TPSA) is 63.0 Å². The lowest BCUT2D eigenvalue weighted by Crippen LogP contribution is -2.25. The van der Waals surface area contributed by atoms with Gasteiger partial charge in [0.15, 0.2) is 5.82 Å². The van der Waals surface area contributed by atoms with Crippen LogP contribution in [0, 0.1) is 6.92 Å². The van der Waals surface area contributed by atoms with Gasteiger partial charge in [0.05, 0.1) is 18.2 Å². The summed E-state index contributed by atoms with van der Waals surface area (Å²) >= 11 is 0. The lowest BCUT2D eigenvalue weighted by Gasteiger charge is -2.18. The van der Waals surface area contributed by atoms with E-state index in [1.165, 1.54) is 5.56 Å². The van der Waals surface area contributed by atoms with Gasteiger partial charge < -0.3 is 15.0 Å². The number of nitrogens with one attached hydrogen (secondary N) is 1. The first-order valence-corrected chi connectivity index (χ1v) is 8.96. The average Bonchev–Trinajstić information content (AvgIpc) is 3.02. The Morgan fingerprint density at radius 2 is 1.96 bits per heavy atom. The van der Waals surface area contributed by atoms with Crippen LogP contribution in [0.25, 0.3) is 11.0 Å². The minimum Gasteiger partial charge on any atom is -0.394 e. The van der Waals surface area contributed by atoms with E-state index in [0.717, 1.165) is 48.5 Å². The Morgan fingerprint density at radius 1 is 1.16 bits per heavy atom. The molecule has 0 radical (unpaired) electrons. The Hall–Kier alpha value is -2.40. The molecular weight excluding hydrogens is 312 g/mol. The van der Waals surface area contributed by atoms with E-state index in [1.807, 2.05) is 31.2 Å². The smallest absolute Gasteiger partial charge is 0.154 e. The van der Waals surface area contributed by atoms with Crippen molar-refractivity contribution in [2.45, 2.75) is 45.7 Å². The molecule has 0 amide bonds. The van der Waals surface area contributed by atoms with E-state index in [4.69, 9.17) is 0 Å². The third kappa shape index (κ3) is 4.17. The molecule has 3 rings (SSSR count). The Balaban J connectivity index is 1.94. The highest BCUT2D eigenvalue weighted by Crippen LogP contribution is 2.24. The molecule has 5 heteroatoms. The van der Waals surface area contributed by atoms with Crippen molar-refractivity contribution in [1.82, 2.24) is 14.5 Å². The van der Waals surface area contributed by atoms with Crippen LogP contribution in [0.4, 0.5) is 5.82 Å². The van der Waals surface area contributed by atoms with Crippen LogP contribution in [0.15, 0.2) is 42.6 Å². The van der Waals surface area contributed by atoms with Crippen LogP contribution in [-0.4, -0.2) is 32.3 Å². The van der Waals surface area contributed by atoms with Gasteiger partial charge in [0.1, 0.15) is 11.3 Å². The minimum atomic E-state index is 0.0116. The van der Waals surface area contributed by atoms with Gasteiger partial charge in [-0.3, -0.25) is 0 Å². The van der Waals surface area contributed by atoms with E-state index < -0.39 is 0 Å². The third-order valence-electron chi connectivity index (χ3n) is 4.39. The molecule has 0 aliphatic carbocycles. The van der Waals surface area contributed by atoms with Crippen LogP contribution in [0.3, 0.4) is 0 Å². The van der Waals surface area contributed by atoms with Crippen molar-refractivity contribution in [2.75, 3.05) is 11.9 Å². The SMILES string of the molecule is CCCCC(CO)Nc1nc(C)nc2ccn(Cc3ccccc3)c12. The van der Waals surface area contributed by atoms with Gasteiger partial charge in [-0.15, -0.1) is 0 Å². The summed E-state index contributed by atoms with van der Waals surface area (Å²) in [5.74, 6) is 1.54. The maximum absolute atomic E-state index is 9.70. The molecule has 5 nitrogen and oxygen atoms in total. The Bertz CT molecular complexity index is 813. The van der Waals surface area contributed by atoms with Crippen molar-refractivity contribution in [3.63, 3.8) is 0 Å². The van der Waals surface area contributed by atoms with Crippen molar-refractivity contribution in [2.24, 2.45) is 0 Å². The number of hydrogen-bond acceptors (Lipinski definition) is 4. The fraction of sp³-hybridized carbons (Fsp3) is 0.400. The van der Waals surface area contributed by atoms with E-state index in [2.05, 4.69) is 45.1 Å². The summed E-state index contributed by atoms with van der Waals surface area (Å²) in [6, 6.07) is 12.4. The quantitative estimate of drug-likeness (QED) is 0.656. The molecule has 2 aromatic heterocycles. The molecule has 3 aromatic rings. The first-order chi connectivity index (χ1) is 12.2. The second-order valence-corrected chi connectivity index (χ2v) is 6.45. The van der Waals surface area contributed by atoms with Gasteiger partial charge in [0.25, 0.3) is 0 Å². The normalized spacial score (nSPS) is 12.4. The molecule has 0 aliphatic heterocycles. The van der Waals surface area contributed by atoms with Crippen molar-refractivity contribution in [3.8, 4) is 0 Å². The number of benzene rings is 1. The zero-order valence-electron chi connectivity index (χ0n) is 14.9. The monoisotopic (exact) mass is 338 g/mol. The van der Waals surface area contributed by atoms with Crippen molar-refractivity contribution in [1.29, 1.82) is 0 Å². The number of anilines is 1. The molecule has 1 atom stereocenters. The number of fused-ring (bicyclic) bond motifs is 1. The zero-order valence-corrected chi connectivity index (χ0v) is 14.9. The van der Waals surface area contributed by atoms with Crippen molar-refractivity contribution in [3.05, 3.63) is 54.0 Å². The fourth-order valence-corrected chi connectivity index (χ4v) is 3.09. The maximum Gasteiger partial charge on any atom is 0.154 e. The summed E-state index contributed by atoms with van der Waals surface area (Å²) in [4.78, 5) is 9.18. The van der Waals surface area contributed by atoms with Gasteiger partial charge in [0, 0.05) is 12.7 Å². The third-order valence-corrected chi connectivity index (χ3v) is 4.39. The van der Waals surface area contributed by atoms with E-state index in [-0.39, 0.29) is 12.6 Å². The summed E-state index contributed by atoms with van der Waals surface area (Å²) in [6.07, 6.45) is 5.17. The van der Waals surface area contributed by atoms with Crippen molar-refractivity contribution >= 4 is 16.9 Å². The number of aliphatic hydroxyl groups is 1. The molecule has 132 valence electrons. The molecule has 25 heavy (non-hydrogen) atoms. The van der Waals surface area contributed by atoms with E-state index in [0.29, 0.717) is 0 Å². The predicted molar refractivity (Wildman–Crippen MR) is 102 cm³/mol. The maximum atomic E-state index is 9.70. The van der Waals surface area contributed by atoms with Crippen LogP contribution in [0.1, 0.15) is 37.6 Å². The van der Waals surface area contributed by atoms with Gasteiger partial charge in [-0.1, -0.05) is 50.1 Å². The van der Waals surface area contributed by atoms with Gasteiger partial charge in [0.2, 0.25) is 0 Å². The lowest BCUT2D eigenvalue weighted by molar-refractivity contribution is 0.267. The summed E-state index contributed by atoms with van der Waals surface area (Å²) in [5.41, 5.74) is 3.15. The van der Waals surface area contributed by atoms with Gasteiger partial charge in [-0.2, -0.15) is 0 Å². The molecule has 0 saturated heterocycles. The number of nitrogens with zero attached hydrogens (tertiary/aromatic N) is 3. The number of aliphatic hydroxyl groups excluding tert-OH is 1. The fourth-order valence-electron chi connectivity index (χ4n) is 3.09. The van der Waals surface area contributed by atoms with Crippen LogP contribution < -0.4 is 5.32 Å². The van der Waals surface area contributed by atoms with Crippen LogP contribution in [0.5, 0.6) is 0 Å². The number of aromatic nitrogens is 3.